The highest BCUT2D eigenvalue weighted by molar-refractivity contribution is 8.00. The van der Waals surface area contributed by atoms with Crippen molar-refractivity contribution in [3.63, 3.8) is 0 Å². The highest BCUT2D eigenvalue weighted by atomic mass is 32.2. The molecule has 0 aliphatic carbocycles. The minimum absolute atomic E-state index is 0.0431. The van der Waals surface area contributed by atoms with Crippen LogP contribution in [0.25, 0.3) is 10.4 Å². The fourth-order valence-electron chi connectivity index (χ4n) is 3.54. The molecule has 0 saturated carbocycles. The predicted octanol–water partition coefficient (Wildman–Crippen LogP) is 1.21. The number of hydrogen-bond donors (Lipinski definition) is 3. The molecule has 0 radical (unpaired) electrons. The number of azide groups is 1. The van der Waals surface area contributed by atoms with Crippen LogP contribution in [-0.4, -0.2) is 101 Å². The average molecular weight is 489 g/mol. The van der Waals surface area contributed by atoms with Gasteiger partial charge in [0, 0.05) is 35.4 Å². The van der Waals surface area contributed by atoms with Gasteiger partial charge in [-0.25, -0.2) is 4.79 Å². The van der Waals surface area contributed by atoms with Crippen molar-refractivity contribution in [1.29, 1.82) is 0 Å². The van der Waals surface area contributed by atoms with E-state index in [-0.39, 0.29) is 24.0 Å². The van der Waals surface area contributed by atoms with Crippen LogP contribution in [-0.2, 0) is 23.7 Å². The van der Waals surface area contributed by atoms with Gasteiger partial charge in [-0.3, -0.25) is 4.79 Å². The molecule has 188 valence electrons. The van der Waals surface area contributed by atoms with Crippen LogP contribution in [0.1, 0.15) is 25.7 Å². The minimum Gasteiger partial charge on any atom is -0.379 e. The van der Waals surface area contributed by atoms with Gasteiger partial charge in [-0.15, -0.1) is 0 Å². The number of hydrogen-bond acceptors (Lipinski definition) is 8. The van der Waals surface area contributed by atoms with E-state index in [9.17, 15) is 9.59 Å². The number of carbonyl (C=O) groups excluding carboxylic acids is 2. The Hall–Kier alpha value is -1.76. The van der Waals surface area contributed by atoms with Crippen molar-refractivity contribution in [2.24, 2.45) is 5.11 Å². The third-order valence-corrected chi connectivity index (χ3v) is 6.67. The van der Waals surface area contributed by atoms with E-state index in [1.54, 1.807) is 0 Å². The summed E-state index contributed by atoms with van der Waals surface area (Å²) in [5, 5.41) is 12.6. The van der Waals surface area contributed by atoms with E-state index >= 15 is 0 Å². The van der Waals surface area contributed by atoms with Crippen LogP contribution in [0.4, 0.5) is 4.79 Å². The molecule has 33 heavy (non-hydrogen) atoms. The fourth-order valence-corrected chi connectivity index (χ4v) is 5.08. The first-order valence-electron chi connectivity index (χ1n) is 11.5. The molecular formula is C20H36N6O6S. The Balaban J connectivity index is 1.28. The average Bonchev–Trinajstić information content (AvgIpc) is 3.35. The van der Waals surface area contributed by atoms with E-state index < -0.39 is 0 Å². The second kappa shape index (κ2) is 17.7. The summed E-state index contributed by atoms with van der Waals surface area (Å²) in [6.07, 6.45) is 3.35. The Kier molecular flexibility index (Phi) is 14.7. The summed E-state index contributed by atoms with van der Waals surface area (Å²) in [6.45, 7) is 4.45. The van der Waals surface area contributed by atoms with Crippen LogP contribution < -0.4 is 16.0 Å². The number of carbonyl (C=O) groups is 2. The Morgan fingerprint density at radius 2 is 1.70 bits per heavy atom. The van der Waals surface area contributed by atoms with Gasteiger partial charge in [0.15, 0.2) is 0 Å². The van der Waals surface area contributed by atoms with Gasteiger partial charge in [0.05, 0.1) is 64.9 Å². The number of unbranched alkanes of at least 4 members (excludes halogenated alkanes) is 1. The molecule has 0 aromatic heterocycles. The lowest BCUT2D eigenvalue weighted by atomic mass is 10.0. The molecule has 0 aromatic carbocycles. The summed E-state index contributed by atoms with van der Waals surface area (Å²) >= 11 is 1.90. The molecule has 2 aliphatic heterocycles. The van der Waals surface area contributed by atoms with E-state index in [1.807, 2.05) is 11.8 Å². The van der Waals surface area contributed by atoms with Crippen molar-refractivity contribution < 1.29 is 28.5 Å². The summed E-state index contributed by atoms with van der Waals surface area (Å²) in [7, 11) is 0. The number of urea groups is 1. The molecule has 2 rings (SSSR count). The number of rotatable bonds is 20. The molecule has 0 spiro atoms. The Morgan fingerprint density at radius 1 is 1.03 bits per heavy atom. The number of nitrogens with one attached hydrogen (secondary N) is 3. The summed E-state index contributed by atoms with van der Waals surface area (Å²) in [6, 6.07) is 0.422. The monoisotopic (exact) mass is 488 g/mol. The van der Waals surface area contributed by atoms with Crippen molar-refractivity contribution >= 4 is 23.7 Å². The van der Waals surface area contributed by atoms with Gasteiger partial charge < -0.3 is 34.9 Å². The first-order valence-corrected chi connectivity index (χ1v) is 12.5. The van der Waals surface area contributed by atoms with E-state index in [0.717, 1.165) is 25.0 Å². The Bertz CT molecular complexity index is 624. The number of thioether (sulfide) groups is 1. The number of nitrogens with zero attached hydrogens (tertiary/aromatic N) is 3. The zero-order chi connectivity index (χ0) is 23.6. The summed E-state index contributed by atoms with van der Waals surface area (Å²) in [5.74, 6) is 1.01. The third-order valence-electron chi connectivity index (χ3n) is 5.16. The summed E-state index contributed by atoms with van der Waals surface area (Å²) < 4.78 is 21.4. The second-order valence-corrected chi connectivity index (χ2v) is 8.89. The van der Waals surface area contributed by atoms with Crippen molar-refractivity contribution in [2.45, 2.75) is 43.0 Å². The molecule has 3 N–H and O–H groups in total. The molecule has 0 aromatic rings. The molecule has 0 unspecified atom stereocenters. The fraction of sp³-hybridized carbons (Fsp3) is 0.900. The van der Waals surface area contributed by atoms with Crippen LogP contribution in [0, 0.1) is 0 Å². The van der Waals surface area contributed by atoms with Crippen LogP contribution in [0.3, 0.4) is 0 Å². The van der Waals surface area contributed by atoms with E-state index in [1.165, 1.54) is 0 Å². The van der Waals surface area contributed by atoms with Gasteiger partial charge in [-0.2, -0.15) is 11.8 Å². The molecule has 12 nitrogen and oxygen atoms in total. The Morgan fingerprint density at radius 3 is 2.39 bits per heavy atom. The van der Waals surface area contributed by atoms with E-state index in [0.29, 0.717) is 77.6 Å². The second-order valence-electron chi connectivity index (χ2n) is 7.62. The molecule has 3 atom stereocenters. The quantitative estimate of drug-likeness (QED) is 0.0764. The predicted molar refractivity (Wildman–Crippen MR) is 124 cm³/mol. The van der Waals surface area contributed by atoms with Crippen molar-refractivity contribution in [3.05, 3.63) is 10.4 Å². The topological polar surface area (TPSA) is 156 Å². The zero-order valence-electron chi connectivity index (χ0n) is 19.0. The number of amides is 3. The van der Waals surface area contributed by atoms with Crippen molar-refractivity contribution in [2.75, 3.05) is 71.7 Å². The largest absolute Gasteiger partial charge is 0.379 e. The first kappa shape index (κ1) is 27.5. The molecule has 13 heteroatoms. The van der Waals surface area contributed by atoms with Crippen molar-refractivity contribution in [3.8, 4) is 0 Å². The Labute approximate surface area is 198 Å². The molecule has 2 saturated heterocycles. The van der Waals surface area contributed by atoms with Crippen LogP contribution >= 0.6 is 11.8 Å². The lowest BCUT2D eigenvalue weighted by molar-refractivity contribution is -0.121. The normalized spacial score (nSPS) is 21.2. The number of fused-ring (bicyclic) bond motifs is 1. The maximum Gasteiger partial charge on any atom is 0.315 e. The molecule has 2 fully saturated rings. The first-order chi connectivity index (χ1) is 16.2. The third kappa shape index (κ3) is 12.3. The maximum absolute atomic E-state index is 11.9. The summed E-state index contributed by atoms with van der Waals surface area (Å²) in [5.41, 5.74) is 8.11. The van der Waals surface area contributed by atoms with Gasteiger partial charge >= 0.3 is 6.03 Å². The van der Waals surface area contributed by atoms with Crippen LogP contribution in [0.2, 0.25) is 0 Å². The molecule has 2 heterocycles. The van der Waals surface area contributed by atoms with Crippen LogP contribution in [0.5, 0.6) is 0 Å². The van der Waals surface area contributed by atoms with Gasteiger partial charge in [0.2, 0.25) is 5.91 Å². The smallest absolute Gasteiger partial charge is 0.315 e. The summed E-state index contributed by atoms with van der Waals surface area (Å²) in [4.78, 5) is 25.9. The van der Waals surface area contributed by atoms with E-state index in [4.69, 9.17) is 24.5 Å². The minimum atomic E-state index is -0.0594. The highest BCUT2D eigenvalue weighted by Crippen LogP contribution is 2.33. The van der Waals surface area contributed by atoms with Gasteiger partial charge in [-0.1, -0.05) is 11.5 Å². The maximum atomic E-state index is 11.9. The van der Waals surface area contributed by atoms with Gasteiger partial charge in [0.1, 0.15) is 0 Å². The van der Waals surface area contributed by atoms with E-state index in [2.05, 4.69) is 26.0 Å². The molecule has 0 bridgehead atoms. The SMILES string of the molecule is [N-]=[N+]=NCCOCCOCCOCCOCCNC(=O)CCCC[C@@H]1SC[C@H]2NC(=O)N[C@@H]12. The standard InChI is InChI=1S/C20H36N6O6S/c21-26-23-6-8-30-10-12-32-14-13-31-11-9-29-7-5-22-18(27)4-2-1-3-17-19-16(15-33-17)24-20(28)25-19/h16-17,19H,1-15H2,(H,22,27)(H2,24,25,28)/t16-,17+,19-/m1/s1. The number of ether oxygens (including phenoxy) is 4. The zero-order valence-corrected chi connectivity index (χ0v) is 19.9. The van der Waals surface area contributed by atoms with Gasteiger partial charge in [-0.05, 0) is 18.4 Å². The lowest BCUT2D eigenvalue weighted by Gasteiger charge is -2.16. The molecule has 2 aliphatic rings. The van der Waals surface area contributed by atoms with Crippen LogP contribution in [0.15, 0.2) is 5.11 Å². The molecular weight excluding hydrogens is 452 g/mol. The highest BCUT2D eigenvalue weighted by Gasteiger charge is 2.42. The van der Waals surface area contributed by atoms with Crippen molar-refractivity contribution in [1.82, 2.24) is 16.0 Å². The molecule has 3 amide bonds. The lowest BCUT2D eigenvalue weighted by Crippen LogP contribution is -2.36. The van der Waals surface area contributed by atoms with Gasteiger partial charge in [0.25, 0.3) is 0 Å².